The molecule has 45 heavy (non-hydrogen) atoms. The zero-order chi connectivity index (χ0) is 29.5. The molecule has 0 N–H and O–H groups in total. The zero-order valence-corrected chi connectivity index (χ0v) is 24.5. The maximum Gasteiger partial charge on any atom is 0.0553 e. The third-order valence-corrected chi connectivity index (χ3v) is 9.71. The van der Waals surface area contributed by atoms with E-state index in [0.717, 1.165) is 0 Å². The second-order valence-corrected chi connectivity index (χ2v) is 12.1. The summed E-state index contributed by atoms with van der Waals surface area (Å²) < 4.78 is 2.46. The van der Waals surface area contributed by atoms with Gasteiger partial charge in [0.25, 0.3) is 0 Å². The molecule has 0 aliphatic rings. The lowest BCUT2D eigenvalue weighted by atomic mass is 9.89. The summed E-state index contributed by atoms with van der Waals surface area (Å²) >= 11 is 0. The van der Waals surface area contributed by atoms with Gasteiger partial charge in [0, 0.05) is 16.5 Å². The Kier molecular flexibility index (Phi) is 5.06. The van der Waals surface area contributed by atoms with E-state index in [1.165, 1.54) is 92.5 Å². The molecule has 1 heterocycles. The molecule has 1 heteroatoms. The van der Waals surface area contributed by atoms with Crippen LogP contribution in [0.2, 0.25) is 0 Å². The Hall–Kier alpha value is -5.92. The van der Waals surface area contributed by atoms with Crippen molar-refractivity contribution in [2.75, 3.05) is 0 Å². The second-order valence-electron chi connectivity index (χ2n) is 12.1. The van der Waals surface area contributed by atoms with Gasteiger partial charge < -0.3 is 4.57 Å². The van der Waals surface area contributed by atoms with Crippen LogP contribution in [0.5, 0.6) is 0 Å². The number of hydrogen-bond donors (Lipinski definition) is 0. The first kappa shape index (κ1) is 24.5. The molecule has 10 rings (SSSR count). The molecule has 208 valence electrons. The van der Waals surface area contributed by atoms with Crippen molar-refractivity contribution in [1.29, 1.82) is 0 Å². The van der Waals surface area contributed by atoms with Crippen molar-refractivity contribution in [3.63, 3.8) is 0 Å². The Morgan fingerprint density at radius 2 is 0.911 bits per heavy atom. The Morgan fingerprint density at radius 3 is 1.76 bits per heavy atom. The van der Waals surface area contributed by atoms with Gasteiger partial charge in [0.05, 0.1) is 11.0 Å². The smallest absolute Gasteiger partial charge is 0.0553 e. The van der Waals surface area contributed by atoms with Crippen LogP contribution in [0.25, 0.3) is 92.5 Å². The van der Waals surface area contributed by atoms with Crippen molar-refractivity contribution < 1.29 is 0 Å². The molecular weight excluding hydrogens is 542 g/mol. The van der Waals surface area contributed by atoms with Crippen molar-refractivity contribution >= 4 is 75.7 Å². The summed E-state index contributed by atoms with van der Waals surface area (Å²) in [6.45, 7) is 0. The molecule has 0 unspecified atom stereocenters. The summed E-state index contributed by atoms with van der Waals surface area (Å²) in [7, 11) is 0. The average molecular weight is 570 g/mol. The molecule has 0 amide bonds. The molecule has 0 aliphatic heterocycles. The average Bonchev–Trinajstić information content (AvgIpc) is 3.45. The minimum atomic E-state index is 1.17. The third-order valence-electron chi connectivity index (χ3n) is 9.71. The number of benzene rings is 9. The summed E-state index contributed by atoms with van der Waals surface area (Å²) in [5.74, 6) is 0. The lowest BCUT2D eigenvalue weighted by Gasteiger charge is -2.15. The van der Waals surface area contributed by atoms with E-state index in [1.807, 2.05) is 0 Å². The molecule has 0 saturated heterocycles. The van der Waals surface area contributed by atoms with Crippen LogP contribution in [0.3, 0.4) is 0 Å². The molecule has 9 aromatic carbocycles. The van der Waals surface area contributed by atoms with E-state index >= 15 is 0 Å². The van der Waals surface area contributed by atoms with Gasteiger partial charge in [-0.25, -0.2) is 0 Å². The molecule has 1 nitrogen and oxygen atoms in total. The van der Waals surface area contributed by atoms with Crippen LogP contribution < -0.4 is 0 Å². The predicted molar refractivity (Wildman–Crippen MR) is 194 cm³/mol. The maximum atomic E-state index is 2.46. The van der Waals surface area contributed by atoms with E-state index < -0.39 is 0 Å². The normalized spacial score (nSPS) is 12.0. The fourth-order valence-corrected chi connectivity index (χ4v) is 7.73. The summed E-state index contributed by atoms with van der Waals surface area (Å²) in [6.07, 6.45) is 0. The molecule has 0 bridgehead atoms. The van der Waals surface area contributed by atoms with Gasteiger partial charge in [-0.05, 0) is 101 Å². The van der Waals surface area contributed by atoms with Crippen molar-refractivity contribution in [2.45, 2.75) is 0 Å². The monoisotopic (exact) mass is 569 g/mol. The van der Waals surface area contributed by atoms with Crippen molar-refractivity contribution in [1.82, 2.24) is 4.57 Å². The van der Waals surface area contributed by atoms with Crippen LogP contribution >= 0.6 is 0 Å². The highest BCUT2D eigenvalue weighted by Crippen LogP contribution is 2.45. The van der Waals surface area contributed by atoms with Crippen LogP contribution in [0.15, 0.2) is 164 Å². The van der Waals surface area contributed by atoms with Crippen LogP contribution in [0, 0.1) is 0 Å². The fraction of sp³-hybridized carbons (Fsp3) is 0. The van der Waals surface area contributed by atoms with Crippen molar-refractivity contribution in [3.8, 4) is 16.8 Å². The second kappa shape index (κ2) is 9.29. The van der Waals surface area contributed by atoms with E-state index in [0.29, 0.717) is 0 Å². The van der Waals surface area contributed by atoms with Crippen molar-refractivity contribution in [3.05, 3.63) is 164 Å². The Bertz CT molecular complexity index is 2800. The summed E-state index contributed by atoms with van der Waals surface area (Å²) in [5, 5.41) is 15.4. The molecule has 0 spiro atoms. The van der Waals surface area contributed by atoms with Gasteiger partial charge >= 0.3 is 0 Å². The van der Waals surface area contributed by atoms with Crippen LogP contribution in [0.1, 0.15) is 0 Å². The lowest BCUT2D eigenvalue weighted by molar-refractivity contribution is 1.18. The Morgan fingerprint density at radius 1 is 0.289 bits per heavy atom. The summed E-state index contributed by atoms with van der Waals surface area (Å²) in [4.78, 5) is 0. The minimum Gasteiger partial charge on any atom is -0.309 e. The first-order valence-corrected chi connectivity index (χ1v) is 15.6. The predicted octanol–water partition coefficient (Wildman–Crippen LogP) is 12.2. The van der Waals surface area contributed by atoms with E-state index in [1.54, 1.807) is 0 Å². The number of para-hydroxylation sites is 1. The van der Waals surface area contributed by atoms with Gasteiger partial charge in [0.1, 0.15) is 0 Å². The van der Waals surface area contributed by atoms with Crippen molar-refractivity contribution in [2.24, 2.45) is 0 Å². The SMILES string of the molecule is c1ccc(-n2c3ccc4ccccc4c3c3c4ccccc4c(-c4cccc5c4ccc4cc6ccccc6cc45)cc32)cc1. The topological polar surface area (TPSA) is 4.93 Å². The number of aromatic nitrogens is 1. The number of hydrogen-bond acceptors (Lipinski definition) is 0. The molecular formula is C44H27N. The Labute approximate surface area is 260 Å². The largest absolute Gasteiger partial charge is 0.309 e. The molecule has 10 aromatic rings. The van der Waals surface area contributed by atoms with E-state index in [-0.39, 0.29) is 0 Å². The van der Waals surface area contributed by atoms with Crippen LogP contribution in [0.4, 0.5) is 0 Å². The molecule has 1 aromatic heterocycles. The standard InChI is InChI=1S/C44H27N/c1-2-14-32(15-3-1)45-41-24-22-28-11-6-7-16-33(28)43(41)44-38-18-9-8-17-36(38)40(27-42(44)45)35-20-10-19-34-37(35)23-21-31-25-29-12-4-5-13-30(29)26-39(31)34/h1-27H. The highest BCUT2D eigenvalue weighted by atomic mass is 15.0. The highest BCUT2D eigenvalue weighted by molar-refractivity contribution is 6.31. The first-order chi connectivity index (χ1) is 22.3. The number of rotatable bonds is 2. The summed E-state index contributed by atoms with van der Waals surface area (Å²) in [6, 6.07) is 60.3. The van der Waals surface area contributed by atoms with E-state index in [4.69, 9.17) is 0 Å². The third kappa shape index (κ3) is 3.50. The summed E-state index contributed by atoms with van der Waals surface area (Å²) in [5.41, 5.74) is 6.14. The van der Waals surface area contributed by atoms with E-state index in [9.17, 15) is 0 Å². The Balaban J connectivity index is 1.38. The van der Waals surface area contributed by atoms with Gasteiger partial charge in [0.15, 0.2) is 0 Å². The minimum absolute atomic E-state index is 1.17. The van der Waals surface area contributed by atoms with Gasteiger partial charge in [-0.1, -0.05) is 127 Å². The van der Waals surface area contributed by atoms with Crippen LogP contribution in [-0.2, 0) is 0 Å². The van der Waals surface area contributed by atoms with Gasteiger partial charge in [-0.3, -0.25) is 0 Å². The fourth-order valence-electron chi connectivity index (χ4n) is 7.73. The maximum absolute atomic E-state index is 2.46. The molecule has 0 saturated carbocycles. The van der Waals surface area contributed by atoms with Gasteiger partial charge in [-0.15, -0.1) is 0 Å². The van der Waals surface area contributed by atoms with Gasteiger partial charge in [0.2, 0.25) is 0 Å². The van der Waals surface area contributed by atoms with Crippen LogP contribution in [-0.4, -0.2) is 4.57 Å². The number of nitrogens with zero attached hydrogens (tertiary/aromatic N) is 1. The highest BCUT2D eigenvalue weighted by Gasteiger charge is 2.20. The molecule has 0 aliphatic carbocycles. The van der Waals surface area contributed by atoms with E-state index in [2.05, 4.69) is 168 Å². The first-order valence-electron chi connectivity index (χ1n) is 15.6. The molecule has 0 radical (unpaired) electrons. The van der Waals surface area contributed by atoms with Gasteiger partial charge in [-0.2, -0.15) is 0 Å². The quantitative estimate of drug-likeness (QED) is 0.144. The molecule has 0 fully saturated rings. The lowest BCUT2D eigenvalue weighted by Crippen LogP contribution is -1.94. The molecule has 0 atom stereocenters. The zero-order valence-electron chi connectivity index (χ0n) is 24.5. The number of fused-ring (bicyclic) bond motifs is 11.